The average Bonchev–Trinajstić information content (AvgIpc) is 3.63. The first kappa shape index (κ1) is 21.9. The van der Waals surface area contributed by atoms with E-state index in [1.807, 2.05) is 47.0 Å². The molecule has 6 nitrogen and oxygen atoms in total. The first-order chi connectivity index (χ1) is 17.0. The zero-order valence-electron chi connectivity index (χ0n) is 18.9. The number of carbonyl (C=O) groups is 1. The third kappa shape index (κ3) is 3.61. The minimum atomic E-state index is -0.982. The zero-order valence-corrected chi connectivity index (χ0v) is 19.7. The monoisotopic (exact) mass is 486 g/mol. The molecule has 3 aromatic carbocycles. The fourth-order valence-corrected chi connectivity index (χ4v) is 5.32. The molecule has 1 fully saturated rings. The van der Waals surface area contributed by atoms with Gasteiger partial charge in [-0.2, -0.15) is 0 Å². The van der Waals surface area contributed by atoms with Gasteiger partial charge >= 0.3 is 11.7 Å². The van der Waals surface area contributed by atoms with Crippen molar-refractivity contribution in [1.82, 2.24) is 9.13 Å². The highest BCUT2D eigenvalue weighted by Gasteiger charge is 2.49. The molecule has 0 unspecified atom stereocenters. The Kier molecular flexibility index (Phi) is 5.16. The van der Waals surface area contributed by atoms with Gasteiger partial charge in [0.1, 0.15) is 0 Å². The SMILES string of the molecule is O=C(O)c1cccc(C2(n3c(=O)n(-c4ccc(C5=CCOCC5)cc4)c4cc(Cl)ccc43)CC2)c1. The number of aromatic carboxylic acids is 1. The van der Waals surface area contributed by atoms with Gasteiger partial charge in [-0.1, -0.05) is 41.9 Å². The summed E-state index contributed by atoms with van der Waals surface area (Å²) in [6, 6.07) is 20.4. The van der Waals surface area contributed by atoms with Crippen molar-refractivity contribution in [3.05, 3.63) is 105 Å². The van der Waals surface area contributed by atoms with Crippen molar-refractivity contribution < 1.29 is 14.6 Å². The topological polar surface area (TPSA) is 73.5 Å². The normalized spacial score (nSPS) is 16.8. The largest absolute Gasteiger partial charge is 0.478 e. The van der Waals surface area contributed by atoms with Crippen LogP contribution in [0.1, 0.15) is 40.7 Å². The highest BCUT2D eigenvalue weighted by atomic mass is 35.5. The van der Waals surface area contributed by atoms with E-state index in [1.54, 1.807) is 28.8 Å². The van der Waals surface area contributed by atoms with E-state index < -0.39 is 11.5 Å². The maximum atomic E-state index is 14.0. The maximum absolute atomic E-state index is 14.0. The first-order valence-electron chi connectivity index (χ1n) is 11.6. The molecule has 35 heavy (non-hydrogen) atoms. The van der Waals surface area contributed by atoms with Crippen LogP contribution in [0.3, 0.4) is 0 Å². The molecule has 6 rings (SSSR count). The number of aromatic nitrogens is 2. The molecule has 1 aliphatic carbocycles. The molecule has 4 aromatic rings. The van der Waals surface area contributed by atoms with Gasteiger partial charge in [-0.15, -0.1) is 0 Å². The van der Waals surface area contributed by atoms with Crippen molar-refractivity contribution >= 4 is 34.2 Å². The fourth-order valence-electron chi connectivity index (χ4n) is 5.15. The summed E-state index contributed by atoms with van der Waals surface area (Å²) in [5, 5.41) is 10.0. The highest BCUT2D eigenvalue weighted by molar-refractivity contribution is 6.31. The number of fused-ring (bicyclic) bond motifs is 1. The summed E-state index contributed by atoms with van der Waals surface area (Å²) in [7, 11) is 0. The number of hydrogen-bond donors (Lipinski definition) is 1. The minimum absolute atomic E-state index is 0.168. The van der Waals surface area contributed by atoms with Crippen LogP contribution in [0.4, 0.5) is 0 Å². The standard InChI is InChI=1S/C28H23ClN2O4/c29-22-6-9-24-25(17-22)30(23-7-4-18(5-8-23)19-10-14-35-15-11-19)27(34)31(24)28(12-13-28)21-3-1-2-20(16-21)26(32)33/h1-10,16-17H,11-15H2,(H,32,33). The van der Waals surface area contributed by atoms with E-state index in [-0.39, 0.29) is 11.3 Å². The second kappa shape index (κ2) is 8.26. The lowest BCUT2D eigenvalue weighted by Crippen LogP contribution is -2.32. The van der Waals surface area contributed by atoms with Crippen LogP contribution in [0.2, 0.25) is 5.02 Å². The van der Waals surface area contributed by atoms with Crippen molar-refractivity contribution in [2.75, 3.05) is 13.2 Å². The maximum Gasteiger partial charge on any atom is 0.335 e. The van der Waals surface area contributed by atoms with Gasteiger partial charge in [0.2, 0.25) is 0 Å². The molecule has 2 heterocycles. The molecule has 0 spiro atoms. The van der Waals surface area contributed by atoms with E-state index in [0.717, 1.165) is 47.1 Å². The molecule has 7 heteroatoms. The van der Waals surface area contributed by atoms with Gasteiger partial charge in [0.05, 0.1) is 41.0 Å². The summed E-state index contributed by atoms with van der Waals surface area (Å²) in [6.07, 6.45) is 4.48. The summed E-state index contributed by atoms with van der Waals surface area (Å²) >= 11 is 6.36. The molecule has 0 radical (unpaired) electrons. The van der Waals surface area contributed by atoms with Gasteiger partial charge in [-0.05, 0) is 78.4 Å². The van der Waals surface area contributed by atoms with Gasteiger partial charge < -0.3 is 9.84 Å². The quantitative estimate of drug-likeness (QED) is 0.405. The number of carboxylic acids is 1. The third-order valence-electron chi connectivity index (χ3n) is 7.06. The molecular formula is C28H23ClN2O4. The molecule has 0 bridgehead atoms. The lowest BCUT2D eigenvalue weighted by molar-refractivity contribution is 0.0696. The summed E-state index contributed by atoms with van der Waals surface area (Å²) in [5.41, 5.74) is 4.92. The number of nitrogens with zero attached hydrogens (tertiary/aromatic N) is 2. The van der Waals surface area contributed by atoms with Gasteiger partial charge in [-0.3, -0.25) is 9.13 Å². The van der Waals surface area contributed by atoms with Crippen LogP contribution >= 0.6 is 11.6 Å². The average molecular weight is 487 g/mol. The summed E-state index contributed by atoms with van der Waals surface area (Å²) in [6.45, 7) is 1.33. The predicted octanol–water partition coefficient (Wildman–Crippen LogP) is 5.48. The van der Waals surface area contributed by atoms with Crippen molar-refractivity contribution in [2.45, 2.75) is 24.8 Å². The molecule has 176 valence electrons. The van der Waals surface area contributed by atoms with E-state index >= 15 is 0 Å². The van der Waals surface area contributed by atoms with Crippen LogP contribution in [-0.4, -0.2) is 33.4 Å². The number of ether oxygens (including phenoxy) is 1. The summed E-state index contributed by atoms with van der Waals surface area (Å²) in [5.74, 6) is -0.982. The molecule has 0 amide bonds. The van der Waals surface area contributed by atoms with Crippen LogP contribution in [0.15, 0.2) is 77.6 Å². The fraction of sp³-hybridized carbons (Fsp3) is 0.214. The molecule has 1 saturated carbocycles. The molecule has 1 aromatic heterocycles. The van der Waals surface area contributed by atoms with Gasteiger partial charge in [0.15, 0.2) is 0 Å². The predicted molar refractivity (Wildman–Crippen MR) is 136 cm³/mol. The first-order valence-corrected chi connectivity index (χ1v) is 12.0. The lowest BCUT2D eigenvalue weighted by atomic mass is 10.0. The Morgan fingerprint density at radius 1 is 1.00 bits per heavy atom. The van der Waals surface area contributed by atoms with Gasteiger partial charge in [0.25, 0.3) is 0 Å². The summed E-state index contributed by atoms with van der Waals surface area (Å²) in [4.78, 5) is 25.6. The second-order valence-corrected chi connectivity index (χ2v) is 9.54. The molecule has 0 atom stereocenters. The van der Waals surface area contributed by atoms with Crippen LogP contribution in [0.5, 0.6) is 0 Å². The molecule has 0 saturated heterocycles. The van der Waals surface area contributed by atoms with Crippen molar-refractivity contribution in [2.24, 2.45) is 0 Å². The second-order valence-electron chi connectivity index (χ2n) is 9.11. The molecule has 2 aliphatic rings. The van der Waals surface area contributed by atoms with Crippen molar-refractivity contribution in [3.8, 4) is 5.69 Å². The zero-order chi connectivity index (χ0) is 24.2. The molecule has 1 N–H and O–H groups in total. The van der Waals surface area contributed by atoms with Crippen LogP contribution in [-0.2, 0) is 10.3 Å². The number of carboxylic acid groups (broad SMARTS) is 1. The molecule has 1 aliphatic heterocycles. The Morgan fingerprint density at radius 3 is 2.49 bits per heavy atom. The number of rotatable bonds is 5. The number of imidazole rings is 1. The van der Waals surface area contributed by atoms with Crippen molar-refractivity contribution in [3.63, 3.8) is 0 Å². The van der Waals surface area contributed by atoms with E-state index in [4.69, 9.17) is 16.3 Å². The minimum Gasteiger partial charge on any atom is -0.478 e. The Labute approximate surface area is 206 Å². The van der Waals surface area contributed by atoms with E-state index in [1.165, 1.54) is 5.57 Å². The Morgan fingerprint density at radius 2 is 1.80 bits per heavy atom. The highest BCUT2D eigenvalue weighted by Crippen LogP contribution is 2.50. The van der Waals surface area contributed by atoms with Crippen LogP contribution in [0, 0.1) is 0 Å². The number of benzene rings is 3. The van der Waals surface area contributed by atoms with E-state index in [0.29, 0.717) is 18.2 Å². The number of hydrogen-bond acceptors (Lipinski definition) is 3. The van der Waals surface area contributed by atoms with Gasteiger partial charge in [-0.25, -0.2) is 9.59 Å². The van der Waals surface area contributed by atoms with E-state index in [2.05, 4.69) is 6.08 Å². The van der Waals surface area contributed by atoms with Crippen LogP contribution < -0.4 is 5.69 Å². The van der Waals surface area contributed by atoms with Crippen LogP contribution in [0.25, 0.3) is 22.3 Å². The van der Waals surface area contributed by atoms with E-state index in [9.17, 15) is 14.7 Å². The Hall–Kier alpha value is -3.61. The smallest absolute Gasteiger partial charge is 0.335 e. The number of halogens is 1. The Balaban J connectivity index is 1.52. The third-order valence-corrected chi connectivity index (χ3v) is 7.30. The molecular weight excluding hydrogens is 464 g/mol. The Bertz CT molecular complexity index is 1560. The lowest BCUT2D eigenvalue weighted by Gasteiger charge is -2.18. The van der Waals surface area contributed by atoms with Gasteiger partial charge in [0, 0.05) is 5.02 Å². The van der Waals surface area contributed by atoms with Crippen molar-refractivity contribution in [1.29, 1.82) is 0 Å². The summed E-state index contributed by atoms with van der Waals surface area (Å²) < 4.78 is 8.93.